The van der Waals surface area contributed by atoms with E-state index in [9.17, 15) is 8.42 Å². The van der Waals surface area contributed by atoms with Gasteiger partial charge in [0.25, 0.3) is 0 Å². The molecular formula is C20H22BrN3O4S. The van der Waals surface area contributed by atoms with Gasteiger partial charge in [-0.2, -0.15) is 4.31 Å². The third-order valence-corrected chi connectivity index (χ3v) is 7.47. The average Bonchev–Trinajstić information content (AvgIpc) is 3.10. The number of para-hydroxylation sites is 1. The predicted octanol–water partition coefficient (Wildman–Crippen LogP) is 3.42. The molecule has 0 aliphatic carbocycles. The van der Waals surface area contributed by atoms with Crippen molar-refractivity contribution in [1.29, 1.82) is 0 Å². The fourth-order valence-electron chi connectivity index (χ4n) is 3.42. The molecule has 1 aliphatic heterocycles. The number of hydrogen-bond acceptors (Lipinski definition) is 5. The van der Waals surface area contributed by atoms with Crippen molar-refractivity contribution in [3.8, 4) is 5.75 Å². The number of morpholine rings is 1. The molecule has 9 heteroatoms. The van der Waals surface area contributed by atoms with Crippen LogP contribution in [0.4, 0.5) is 0 Å². The van der Waals surface area contributed by atoms with Crippen LogP contribution < -0.4 is 4.74 Å². The predicted molar refractivity (Wildman–Crippen MR) is 113 cm³/mol. The highest BCUT2D eigenvalue weighted by molar-refractivity contribution is 9.10. The van der Waals surface area contributed by atoms with Crippen LogP contribution in [0.1, 0.15) is 12.7 Å². The summed E-state index contributed by atoms with van der Waals surface area (Å²) in [4.78, 5) is 4.92. The number of ether oxygens (including phenoxy) is 2. The van der Waals surface area contributed by atoms with Crippen LogP contribution in [-0.2, 0) is 27.9 Å². The number of fused-ring (bicyclic) bond motifs is 1. The molecule has 1 aromatic heterocycles. The van der Waals surface area contributed by atoms with Crippen LogP contribution in [0.3, 0.4) is 0 Å². The van der Waals surface area contributed by atoms with Crippen molar-refractivity contribution < 1.29 is 17.9 Å². The molecule has 0 bridgehead atoms. The molecule has 154 valence electrons. The van der Waals surface area contributed by atoms with Crippen molar-refractivity contribution in [2.45, 2.75) is 25.0 Å². The Kier molecular flexibility index (Phi) is 5.91. The lowest BCUT2D eigenvalue weighted by Crippen LogP contribution is -2.40. The average molecular weight is 480 g/mol. The van der Waals surface area contributed by atoms with E-state index >= 15 is 0 Å². The minimum atomic E-state index is -3.56. The quantitative estimate of drug-likeness (QED) is 0.541. The van der Waals surface area contributed by atoms with Gasteiger partial charge in [-0.05, 0) is 53.2 Å². The Labute approximate surface area is 178 Å². The van der Waals surface area contributed by atoms with Crippen LogP contribution in [0.25, 0.3) is 11.0 Å². The molecule has 1 saturated heterocycles. The topological polar surface area (TPSA) is 73.7 Å². The Morgan fingerprint density at radius 2 is 1.93 bits per heavy atom. The molecule has 0 unspecified atom stereocenters. The Balaban J connectivity index is 1.64. The van der Waals surface area contributed by atoms with Crippen molar-refractivity contribution >= 4 is 37.0 Å². The van der Waals surface area contributed by atoms with Gasteiger partial charge in [-0.25, -0.2) is 13.4 Å². The molecule has 2 heterocycles. The summed E-state index contributed by atoms with van der Waals surface area (Å²) in [6.07, 6.45) is 0. The van der Waals surface area contributed by atoms with Crippen molar-refractivity contribution in [2.24, 2.45) is 0 Å². The maximum absolute atomic E-state index is 12.9. The zero-order valence-corrected chi connectivity index (χ0v) is 18.4. The monoisotopic (exact) mass is 479 g/mol. The van der Waals surface area contributed by atoms with Crippen LogP contribution >= 0.6 is 15.9 Å². The van der Waals surface area contributed by atoms with Crippen molar-refractivity contribution in [3.63, 3.8) is 0 Å². The number of halogens is 1. The molecule has 0 saturated carbocycles. The Morgan fingerprint density at radius 1 is 1.17 bits per heavy atom. The molecule has 3 aromatic rings. The first-order valence-corrected chi connectivity index (χ1v) is 11.7. The maximum Gasteiger partial charge on any atom is 0.243 e. The first-order valence-electron chi connectivity index (χ1n) is 9.45. The lowest BCUT2D eigenvalue weighted by molar-refractivity contribution is 0.0730. The van der Waals surface area contributed by atoms with Gasteiger partial charge < -0.3 is 14.0 Å². The Bertz CT molecular complexity index is 1120. The number of hydrogen-bond donors (Lipinski definition) is 0. The number of aryl methyl sites for hydroxylation is 1. The van der Waals surface area contributed by atoms with Crippen LogP contribution in [0.5, 0.6) is 5.75 Å². The van der Waals surface area contributed by atoms with Gasteiger partial charge in [0.1, 0.15) is 18.2 Å². The van der Waals surface area contributed by atoms with E-state index in [1.165, 1.54) is 4.31 Å². The van der Waals surface area contributed by atoms with Gasteiger partial charge in [-0.3, -0.25) is 0 Å². The highest BCUT2D eigenvalue weighted by atomic mass is 79.9. The number of aromatic nitrogens is 2. The molecule has 0 radical (unpaired) electrons. The van der Waals surface area contributed by atoms with Crippen LogP contribution in [-0.4, -0.2) is 48.6 Å². The molecule has 0 spiro atoms. The van der Waals surface area contributed by atoms with Crippen LogP contribution in [0.15, 0.2) is 51.8 Å². The fraction of sp³-hybridized carbons (Fsp3) is 0.350. The van der Waals surface area contributed by atoms with E-state index in [-0.39, 0.29) is 11.5 Å². The SMILES string of the molecule is CCn1c(COc2ccccc2Br)nc2cc(S(=O)(=O)N3CCOCC3)ccc21. The van der Waals surface area contributed by atoms with Crippen LogP contribution in [0, 0.1) is 0 Å². The van der Waals surface area contributed by atoms with Crippen molar-refractivity contribution in [1.82, 2.24) is 13.9 Å². The van der Waals surface area contributed by atoms with E-state index in [1.54, 1.807) is 12.1 Å². The number of rotatable bonds is 6. The van der Waals surface area contributed by atoms with Gasteiger partial charge >= 0.3 is 0 Å². The Hall–Kier alpha value is -1.94. The molecule has 1 fully saturated rings. The standard InChI is InChI=1S/C20H22BrN3O4S/c1-2-24-18-8-7-15(29(25,26)23-9-11-27-12-10-23)13-17(18)22-20(24)14-28-19-6-4-3-5-16(19)21/h3-8,13H,2,9-12,14H2,1H3. The van der Waals surface area contributed by atoms with E-state index in [2.05, 4.69) is 20.9 Å². The largest absolute Gasteiger partial charge is 0.484 e. The zero-order chi connectivity index (χ0) is 20.4. The summed E-state index contributed by atoms with van der Waals surface area (Å²) in [5, 5.41) is 0. The van der Waals surface area contributed by atoms with Gasteiger partial charge in [-0.15, -0.1) is 0 Å². The van der Waals surface area contributed by atoms with E-state index in [1.807, 2.05) is 41.8 Å². The van der Waals surface area contributed by atoms with E-state index < -0.39 is 10.0 Å². The summed E-state index contributed by atoms with van der Waals surface area (Å²) in [6.45, 7) is 4.60. The lowest BCUT2D eigenvalue weighted by Gasteiger charge is -2.26. The van der Waals surface area contributed by atoms with Gasteiger partial charge in [0.15, 0.2) is 0 Å². The van der Waals surface area contributed by atoms with E-state index in [0.29, 0.717) is 38.4 Å². The van der Waals surface area contributed by atoms with Crippen LogP contribution in [0.2, 0.25) is 0 Å². The molecule has 2 aromatic carbocycles. The maximum atomic E-state index is 12.9. The third kappa shape index (κ3) is 4.05. The first kappa shape index (κ1) is 20.3. The molecular weight excluding hydrogens is 458 g/mol. The number of nitrogens with zero attached hydrogens (tertiary/aromatic N) is 3. The minimum absolute atomic E-state index is 0.255. The summed E-state index contributed by atoms with van der Waals surface area (Å²) in [6, 6.07) is 12.8. The molecule has 4 rings (SSSR count). The lowest BCUT2D eigenvalue weighted by atomic mass is 10.3. The van der Waals surface area contributed by atoms with E-state index in [0.717, 1.165) is 21.6 Å². The normalized spacial score (nSPS) is 15.7. The second-order valence-electron chi connectivity index (χ2n) is 6.66. The number of imidazole rings is 1. The van der Waals surface area contributed by atoms with E-state index in [4.69, 9.17) is 9.47 Å². The highest BCUT2D eigenvalue weighted by Gasteiger charge is 2.27. The molecule has 1 aliphatic rings. The third-order valence-electron chi connectivity index (χ3n) is 4.92. The highest BCUT2D eigenvalue weighted by Crippen LogP contribution is 2.27. The van der Waals surface area contributed by atoms with Gasteiger partial charge in [-0.1, -0.05) is 12.1 Å². The van der Waals surface area contributed by atoms with Gasteiger partial charge in [0.05, 0.1) is 33.6 Å². The van der Waals surface area contributed by atoms with Crippen molar-refractivity contribution in [2.75, 3.05) is 26.3 Å². The summed E-state index contributed by atoms with van der Waals surface area (Å²) in [5.41, 5.74) is 1.53. The molecule has 0 atom stereocenters. The summed E-state index contributed by atoms with van der Waals surface area (Å²) in [7, 11) is -3.56. The second-order valence-corrected chi connectivity index (χ2v) is 9.45. The Morgan fingerprint density at radius 3 is 2.66 bits per heavy atom. The number of benzene rings is 2. The second kappa shape index (κ2) is 8.43. The van der Waals surface area contributed by atoms with Crippen molar-refractivity contribution in [3.05, 3.63) is 52.8 Å². The minimum Gasteiger partial charge on any atom is -0.484 e. The molecule has 0 N–H and O–H groups in total. The number of sulfonamides is 1. The smallest absolute Gasteiger partial charge is 0.243 e. The zero-order valence-electron chi connectivity index (χ0n) is 16.0. The molecule has 7 nitrogen and oxygen atoms in total. The summed E-state index contributed by atoms with van der Waals surface area (Å²) in [5.74, 6) is 1.48. The van der Waals surface area contributed by atoms with Gasteiger partial charge in [0.2, 0.25) is 10.0 Å². The summed E-state index contributed by atoms with van der Waals surface area (Å²) < 4.78 is 41.5. The first-order chi connectivity index (χ1) is 14.0. The molecule has 29 heavy (non-hydrogen) atoms. The summed E-state index contributed by atoms with van der Waals surface area (Å²) >= 11 is 3.48. The molecule has 0 amide bonds. The fourth-order valence-corrected chi connectivity index (χ4v) is 5.25. The van der Waals surface area contributed by atoms with Gasteiger partial charge in [0, 0.05) is 19.6 Å².